The molecule has 0 atom stereocenters. The van der Waals surface area contributed by atoms with Gasteiger partial charge < -0.3 is 5.32 Å². The lowest BCUT2D eigenvalue weighted by Gasteiger charge is -2.28. The lowest BCUT2D eigenvalue weighted by molar-refractivity contribution is 0.0959. The van der Waals surface area contributed by atoms with Crippen LogP contribution < -0.4 is 10.0 Å². The predicted molar refractivity (Wildman–Crippen MR) is 102 cm³/mol. The zero-order valence-electron chi connectivity index (χ0n) is 14.3. The van der Waals surface area contributed by atoms with E-state index in [0.29, 0.717) is 26.1 Å². The molecule has 6 nitrogen and oxygen atoms in total. The number of carbonyl (C=O) groups excluding carboxylic acids is 1. The Kier molecular flexibility index (Phi) is 5.39. The molecule has 0 saturated carbocycles. The number of nitrogens with zero attached hydrogens (tertiary/aromatic N) is 1. The number of benzene rings is 2. The maximum atomic E-state index is 12.8. The Morgan fingerprint density at radius 2 is 1.81 bits per heavy atom. The topological polar surface area (TPSA) is 78.5 Å². The number of carbonyl (C=O) groups is 1. The highest BCUT2D eigenvalue weighted by atomic mass is 32.2. The van der Waals surface area contributed by atoms with Gasteiger partial charge in [-0.05, 0) is 29.7 Å². The van der Waals surface area contributed by atoms with Crippen LogP contribution in [0.3, 0.4) is 0 Å². The molecule has 7 heteroatoms. The van der Waals surface area contributed by atoms with Crippen molar-refractivity contribution in [3.63, 3.8) is 0 Å². The van der Waals surface area contributed by atoms with Crippen molar-refractivity contribution in [3.8, 4) is 0 Å². The normalized spacial score (nSPS) is 14.3. The highest BCUT2D eigenvalue weighted by molar-refractivity contribution is 7.90. The maximum Gasteiger partial charge on any atom is 0.301 e. The number of amides is 1. The number of nitrogens with one attached hydrogen (secondary N) is 2. The van der Waals surface area contributed by atoms with Crippen molar-refractivity contribution in [1.29, 1.82) is 0 Å². The fraction of sp³-hybridized carbons (Fsp3) is 0.211. The van der Waals surface area contributed by atoms with Gasteiger partial charge in [-0.15, -0.1) is 6.58 Å². The molecule has 1 aliphatic heterocycles. The van der Waals surface area contributed by atoms with Crippen LogP contribution in [-0.4, -0.2) is 31.7 Å². The van der Waals surface area contributed by atoms with E-state index in [2.05, 4.69) is 16.6 Å². The first-order chi connectivity index (χ1) is 12.5. The molecule has 1 amide bonds. The summed E-state index contributed by atoms with van der Waals surface area (Å²) in [6.07, 6.45) is 2.23. The van der Waals surface area contributed by atoms with Gasteiger partial charge in [-0.3, -0.25) is 9.52 Å². The van der Waals surface area contributed by atoms with Crippen molar-refractivity contribution in [2.75, 3.05) is 17.8 Å². The van der Waals surface area contributed by atoms with Crippen molar-refractivity contribution in [2.45, 2.75) is 13.0 Å². The summed E-state index contributed by atoms with van der Waals surface area (Å²) in [6, 6.07) is 14.4. The zero-order valence-corrected chi connectivity index (χ0v) is 15.1. The van der Waals surface area contributed by atoms with Gasteiger partial charge in [0.25, 0.3) is 5.91 Å². The van der Waals surface area contributed by atoms with Crippen LogP contribution in [0.1, 0.15) is 21.5 Å². The van der Waals surface area contributed by atoms with E-state index in [9.17, 15) is 13.2 Å². The number of fused-ring (bicyclic) bond motifs is 1. The SMILES string of the molecule is C=CCNC(=O)c1ccccc1NS(=O)(=O)N1CCc2ccccc2C1. The molecular weight excluding hydrogens is 350 g/mol. The smallest absolute Gasteiger partial charge is 0.301 e. The van der Waals surface area contributed by atoms with Crippen molar-refractivity contribution in [3.05, 3.63) is 77.9 Å². The zero-order chi connectivity index (χ0) is 18.6. The summed E-state index contributed by atoms with van der Waals surface area (Å²) < 4.78 is 29.6. The van der Waals surface area contributed by atoms with Crippen molar-refractivity contribution in [1.82, 2.24) is 9.62 Å². The number of para-hydroxylation sites is 1. The lowest BCUT2D eigenvalue weighted by atomic mass is 10.0. The molecule has 2 aromatic rings. The third-order valence-corrected chi connectivity index (χ3v) is 5.72. The fourth-order valence-electron chi connectivity index (χ4n) is 2.91. The summed E-state index contributed by atoms with van der Waals surface area (Å²) in [5.74, 6) is -0.354. The Bertz CT molecular complexity index is 925. The molecule has 1 aliphatic rings. The Labute approximate surface area is 153 Å². The Morgan fingerprint density at radius 3 is 2.58 bits per heavy atom. The molecule has 3 rings (SSSR count). The third-order valence-electron chi connectivity index (χ3n) is 4.25. The van der Waals surface area contributed by atoms with Crippen LogP contribution >= 0.6 is 0 Å². The molecule has 0 fully saturated rings. The number of hydrogen-bond donors (Lipinski definition) is 2. The second kappa shape index (κ2) is 7.72. The molecule has 26 heavy (non-hydrogen) atoms. The van der Waals surface area contributed by atoms with Crippen molar-refractivity contribution >= 4 is 21.8 Å². The van der Waals surface area contributed by atoms with Crippen LogP contribution in [-0.2, 0) is 23.2 Å². The van der Waals surface area contributed by atoms with Crippen LogP contribution in [0.5, 0.6) is 0 Å². The summed E-state index contributed by atoms with van der Waals surface area (Å²) >= 11 is 0. The molecule has 1 heterocycles. The van der Waals surface area contributed by atoms with Gasteiger partial charge in [-0.2, -0.15) is 12.7 Å². The van der Waals surface area contributed by atoms with Crippen LogP contribution in [0.25, 0.3) is 0 Å². The molecule has 0 radical (unpaired) electrons. The van der Waals surface area contributed by atoms with Crippen LogP contribution in [0.15, 0.2) is 61.2 Å². The lowest BCUT2D eigenvalue weighted by Crippen LogP contribution is -2.40. The molecule has 0 aromatic heterocycles. The van der Waals surface area contributed by atoms with E-state index in [-0.39, 0.29) is 17.2 Å². The first-order valence-electron chi connectivity index (χ1n) is 8.34. The highest BCUT2D eigenvalue weighted by Crippen LogP contribution is 2.23. The van der Waals surface area contributed by atoms with Gasteiger partial charge in [0.05, 0.1) is 11.3 Å². The van der Waals surface area contributed by atoms with Gasteiger partial charge in [0.2, 0.25) is 0 Å². The molecule has 2 aromatic carbocycles. The fourth-order valence-corrected chi connectivity index (χ4v) is 4.13. The summed E-state index contributed by atoms with van der Waals surface area (Å²) in [4.78, 5) is 12.2. The number of rotatable bonds is 6. The Morgan fingerprint density at radius 1 is 1.12 bits per heavy atom. The quantitative estimate of drug-likeness (QED) is 0.765. The summed E-state index contributed by atoms with van der Waals surface area (Å²) in [5, 5.41) is 2.66. The first-order valence-corrected chi connectivity index (χ1v) is 9.78. The van der Waals surface area contributed by atoms with Gasteiger partial charge in [-0.25, -0.2) is 0 Å². The second-order valence-corrected chi connectivity index (χ2v) is 7.67. The largest absolute Gasteiger partial charge is 0.349 e. The molecule has 0 saturated heterocycles. The van der Waals surface area contributed by atoms with Crippen LogP contribution in [0.2, 0.25) is 0 Å². The van der Waals surface area contributed by atoms with Gasteiger partial charge >= 0.3 is 10.2 Å². The minimum atomic E-state index is -3.77. The molecular formula is C19H21N3O3S. The van der Waals surface area contributed by atoms with Gasteiger partial charge in [0.1, 0.15) is 0 Å². The maximum absolute atomic E-state index is 12.8. The van der Waals surface area contributed by atoms with E-state index < -0.39 is 10.2 Å². The Hall–Kier alpha value is -2.64. The van der Waals surface area contributed by atoms with Crippen molar-refractivity contribution in [2.24, 2.45) is 0 Å². The van der Waals surface area contributed by atoms with E-state index in [1.54, 1.807) is 30.3 Å². The van der Waals surface area contributed by atoms with E-state index >= 15 is 0 Å². The standard InChI is InChI=1S/C19H21N3O3S/c1-2-12-20-19(23)17-9-5-6-10-18(17)21-26(24,25)22-13-11-15-7-3-4-8-16(15)14-22/h2-10,21H,1,11-14H2,(H,20,23). The van der Waals surface area contributed by atoms with Gasteiger partial charge in [0, 0.05) is 19.6 Å². The number of anilines is 1. The molecule has 0 aliphatic carbocycles. The summed E-state index contributed by atoms with van der Waals surface area (Å²) in [7, 11) is -3.77. The van der Waals surface area contributed by atoms with E-state index in [4.69, 9.17) is 0 Å². The highest BCUT2D eigenvalue weighted by Gasteiger charge is 2.27. The number of hydrogen-bond acceptors (Lipinski definition) is 3. The molecule has 0 unspecified atom stereocenters. The molecule has 136 valence electrons. The van der Waals surface area contributed by atoms with E-state index in [1.165, 1.54) is 9.87 Å². The summed E-state index contributed by atoms with van der Waals surface area (Å²) in [5.41, 5.74) is 2.70. The predicted octanol–water partition coefficient (Wildman–Crippen LogP) is 2.32. The van der Waals surface area contributed by atoms with Crippen molar-refractivity contribution < 1.29 is 13.2 Å². The van der Waals surface area contributed by atoms with Crippen LogP contribution in [0, 0.1) is 0 Å². The molecule has 2 N–H and O–H groups in total. The summed E-state index contributed by atoms with van der Waals surface area (Å²) in [6.45, 7) is 4.58. The molecule has 0 spiro atoms. The average Bonchev–Trinajstić information content (AvgIpc) is 2.66. The minimum Gasteiger partial charge on any atom is -0.349 e. The van der Waals surface area contributed by atoms with E-state index in [0.717, 1.165) is 5.56 Å². The molecule has 0 bridgehead atoms. The average molecular weight is 371 g/mol. The monoisotopic (exact) mass is 371 g/mol. The third kappa shape index (κ3) is 3.95. The first kappa shape index (κ1) is 18.2. The minimum absolute atomic E-state index is 0.257. The van der Waals surface area contributed by atoms with Gasteiger partial charge in [0.15, 0.2) is 0 Å². The Balaban J connectivity index is 1.80. The van der Waals surface area contributed by atoms with E-state index in [1.807, 2.05) is 24.3 Å². The second-order valence-electron chi connectivity index (χ2n) is 6.00. The van der Waals surface area contributed by atoms with Gasteiger partial charge in [-0.1, -0.05) is 42.5 Å². The van der Waals surface area contributed by atoms with Crippen LogP contribution in [0.4, 0.5) is 5.69 Å².